The minimum atomic E-state index is -0.103. The standard InChI is InChI=1S/C11H10ClN3O/c12-6-1-2-8-7(5-6)11(16)14-10-4-3-9(13)15(8)10/h1-2,5,10,13H,3-4H2,(H,14,16). The van der Waals surface area contributed by atoms with E-state index in [-0.39, 0.29) is 12.1 Å². The first-order valence-corrected chi connectivity index (χ1v) is 5.51. The summed E-state index contributed by atoms with van der Waals surface area (Å²) in [6.45, 7) is 0. The number of nitrogens with zero attached hydrogens (tertiary/aromatic N) is 1. The molecule has 0 spiro atoms. The van der Waals surface area contributed by atoms with E-state index in [0.29, 0.717) is 22.8 Å². The molecule has 0 bridgehead atoms. The van der Waals surface area contributed by atoms with Gasteiger partial charge in [0.2, 0.25) is 0 Å². The highest BCUT2D eigenvalue weighted by Crippen LogP contribution is 2.33. The molecule has 5 heteroatoms. The van der Waals surface area contributed by atoms with Gasteiger partial charge in [-0.3, -0.25) is 10.2 Å². The largest absolute Gasteiger partial charge is 0.331 e. The summed E-state index contributed by atoms with van der Waals surface area (Å²) in [6.07, 6.45) is 1.44. The molecule has 16 heavy (non-hydrogen) atoms. The molecular formula is C11H10ClN3O. The fourth-order valence-corrected chi connectivity index (χ4v) is 2.46. The topological polar surface area (TPSA) is 56.2 Å². The summed E-state index contributed by atoms with van der Waals surface area (Å²) in [7, 11) is 0. The Labute approximate surface area is 97.7 Å². The van der Waals surface area contributed by atoms with Gasteiger partial charge in [-0.1, -0.05) is 11.6 Å². The van der Waals surface area contributed by atoms with E-state index in [1.165, 1.54) is 0 Å². The number of hydrogen-bond acceptors (Lipinski definition) is 2. The van der Waals surface area contributed by atoms with E-state index in [2.05, 4.69) is 5.32 Å². The van der Waals surface area contributed by atoms with E-state index in [9.17, 15) is 4.79 Å². The summed E-state index contributed by atoms with van der Waals surface area (Å²) >= 11 is 5.87. The number of anilines is 1. The van der Waals surface area contributed by atoms with Crippen LogP contribution in [0, 0.1) is 5.41 Å². The predicted molar refractivity (Wildman–Crippen MR) is 62.1 cm³/mol. The van der Waals surface area contributed by atoms with Crippen LogP contribution in [0.2, 0.25) is 5.02 Å². The maximum Gasteiger partial charge on any atom is 0.255 e. The van der Waals surface area contributed by atoms with Gasteiger partial charge in [-0.05, 0) is 24.6 Å². The van der Waals surface area contributed by atoms with Gasteiger partial charge in [-0.25, -0.2) is 0 Å². The van der Waals surface area contributed by atoms with E-state index in [1.807, 2.05) is 11.0 Å². The lowest BCUT2D eigenvalue weighted by atomic mass is 10.1. The molecule has 1 atom stereocenters. The summed E-state index contributed by atoms with van der Waals surface area (Å²) < 4.78 is 0. The van der Waals surface area contributed by atoms with Crippen molar-refractivity contribution >= 4 is 29.0 Å². The van der Waals surface area contributed by atoms with Crippen LogP contribution in [0.3, 0.4) is 0 Å². The van der Waals surface area contributed by atoms with Crippen molar-refractivity contribution in [2.45, 2.75) is 19.0 Å². The number of rotatable bonds is 0. The van der Waals surface area contributed by atoms with Gasteiger partial charge < -0.3 is 10.2 Å². The molecule has 1 amide bonds. The van der Waals surface area contributed by atoms with Crippen molar-refractivity contribution in [3.63, 3.8) is 0 Å². The van der Waals surface area contributed by atoms with Crippen molar-refractivity contribution in [1.29, 1.82) is 5.41 Å². The molecule has 1 saturated heterocycles. The van der Waals surface area contributed by atoms with Gasteiger partial charge in [-0.15, -0.1) is 0 Å². The molecular weight excluding hydrogens is 226 g/mol. The average Bonchev–Trinajstić information content (AvgIpc) is 2.61. The minimum absolute atomic E-state index is 0.0614. The van der Waals surface area contributed by atoms with Crippen LogP contribution in [0.1, 0.15) is 23.2 Å². The maximum atomic E-state index is 11.8. The number of amidine groups is 1. The third-order valence-corrected chi connectivity index (χ3v) is 3.25. The number of amides is 1. The van der Waals surface area contributed by atoms with E-state index < -0.39 is 0 Å². The van der Waals surface area contributed by atoms with E-state index >= 15 is 0 Å². The van der Waals surface area contributed by atoms with Crippen LogP contribution < -0.4 is 10.2 Å². The van der Waals surface area contributed by atoms with Gasteiger partial charge in [0.1, 0.15) is 12.0 Å². The number of carbonyl (C=O) groups is 1. The minimum Gasteiger partial charge on any atom is -0.331 e. The lowest BCUT2D eigenvalue weighted by molar-refractivity contribution is 0.0932. The SMILES string of the molecule is N=C1CCC2NC(=O)c3cc(Cl)ccc3N12. The Morgan fingerprint density at radius 2 is 2.31 bits per heavy atom. The number of halogens is 1. The molecule has 0 aromatic heterocycles. The van der Waals surface area contributed by atoms with Gasteiger partial charge >= 0.3 is 0 Å². The van der Waals surface area contributed by atoms with Crippen LogP contribution in [0.4, 0.5) is 5.69 Å². The molecule has 1 fully saturated rings. The molecule has 2 heterocycles. The van der Waals surface area contributed by atoms with Crippen LogP contribution in [0.5, 0.6) is 0 Å². The zero-order valence-corrected chi connectivity index (χ0v) is 9.21. The fourth-order valence-electron chi connectivity index (χ4n) is 2.29. The van der Waals surface area contributed by atoms with Crippen LogP contribution in [-0.4, -0.2) is 17.9 Å². The molecule has 0 radical (unpaired) electrons. The highest BCUT2D eigenvalue weighted by molar-refractivity contribution is 6.31. The normalized spacial score (nSPS) is 22.8. The van der Waals surface area contributed by atoms with Crippen LogP contribution in [0.15, 0.2) is 18.2 Å². The Morgan fingerprint density at radius 1 is 1.50 bits per heavy atom. The molecule has 2 aliphatic rings. The first-order chi connectivity index (χ1) is 7.66. The second-order valence-electron chi connectivity index (χ2n) is 4.01. The van der Waals surface area contributed by atoms with Crippen LogP contribution in [0.25, 0.3) is 0 Å². The molecule has 2 N–H and O–H groups in total. The highest BCUT2D eigenvalue weighted by Gasteiger charge is 2.37. The maximum absolute atomic E-state index is 11.8. The second-order valence-corrected chi connectivity index (χ2v) is 4.44. The lowest BCUT2D eigenvalue weighted by Crippen LogP contribution is -2.50. The first-order valence-electron chi connectivity index (χ1n) is 5.14. The summed E-state index contributed by atoms with van der Waals surface area (Å²) in [5, 5.41) is 11.3. The Morgan fingerprint density at radius 3 is 3.12 bits per heavy atom. The smallest absolute Gasteiger partial charge is 0.255 e. The van der Waals surface area contributed by atoms with Crippen molar-refractivity contribution in [3.05, 3.63) is 28.8 Å². The third-order valence-electron chi connectivity index (χ3n) is 3.02. The molecule has 1 aromatic carbocycles. The molecule has 82 valence electrons. The fraction of sp³-hybridized carbons (Fsp3) is 0.273. The van der Waals surface area contributed by atoms with Gasteiger partial charge in [-0.2, -0.15) is 0 Å². The van der Waals surface area contributed by atoms with Crippen molar-refractivity contribution in [1.82, 2.24) is 5.32 Å². The van der Waals surface area contributed by atoms with E-state index in [0.717, 1.165) is 12.1 Å². The Hall–Kier alpha value is -1.55. The van der Waals surface area contributed by atoms with Crippen molar-refractivity contribution in [3.8, 4) is 0 Å². The number of hydrogen-bond donors (Lipinski definition) is 2. The molecule has 0 aliphatic carbocycles. The summed E-state index contributed by atoms with van der Waals surface area (Å²) in [5.74, 6) is 0.446. The van der Waals surface area contributed by atoms with Gasteiger partial charge in [0.25, 0.3) is 5.91 Å². The molecule has 0 saturated carbocycles. The zero-order chi connectivity index (χ0) is 11.3. The van der Waals surface area contributed by atoms with E-state index in [4.69, 9.17) is 17.0 Å². The zero-order valence-electron chi connectivity index (χ0n) is 8.46. The number of carbonyl (C=O) groups excluding carboxylic acids is 1. The first kappa shape index (κ1) is 9.66. The van der Waals surface area contributed by atoms with Crippen LogP contribution in [-0.2, 0) is 0 Å². The summed E-state index contributed by atoms with van der Waals surface area (Å²) in [6, 6.07) is 5.21. The van der Waals surface area contributed by atoms with Crippen molar-refractivity contribution in [2.24, 2.45) is 0 Å². The summed E-state index contributed by atoms with van der Waals surface area (Å²) in [5.41, 5.74) is 1.34. The van der Waals surface area contributed by atoms with E-state index in [1.54, 1.807) is 12.1 Å². The third kappa shape index (κ3) is 1.23. The lowest BCUT2D eigenvalue weighted by Gasteiger charge is -2.33. The predicted octanol–water partition coefficient (Wildman–Crippen LogP) is 1.99. The van der Waals surface area contributed by atoms with Gasteiger partial charge in [0.15, 0.2) is 0 Å². The molecule has 2 aliphatic heterocycles. The molecule has 1 unspecified atom stereocenters. The summed E-state index contributed by atoms with van der Waals surface area (Å²) in [4.78, 5) is 13.7. The second kappa shape index (κ2) is 3.22. The number of fused-ring (bicyclic) bond motifs is 3. The number of nitrogens with one attached hydrogen (secondary N) is 2. The Balaban J connectivity index is 2.18. The van der Waals surface area contributed by atoms with Crippen molar-refractivity contribution < 1.29 is 4.79 Å². The molecule has 1 aromatic rings. The quantitative estimate of drug-likeness (QED) is 0.723. The monoisotopic (exact) mass is 235 g/mol. The highest BCUT2D eigenvalue weighted by atomic mass is 35.5. The Kier molecular flexibility index (Phi) is 1.94. The van der Waals surface area contributed by atoms with Crippen LogP contribution >= 0.6 is 11.6 Å². The van der Waals surface area contributed by atoms with Crippen molar-refractivity contribution in [2.75, 3.05) is 4.90 Å². The van der Waals surface area contributed by atoms with Gasteiger partial charge in [0.05, 0.1) is 11.3 Å². The molecule has 3 rings (SSSR count). The molecule has 4 nitrogen and oxygen atoms in total. The average molecular weight is 236 g/mol. The van der Waals surface area contributed by atoms with Gasteiger partial charge in [0, 0.05) is 11.4 Å². The Bertz CT molecular complexity index is 500. The number of benzene rings is 1.